The average Bonchev–Trinajstić information content (AvgIpc) is 2.55. The van der Waals surface area contributed by atoms with Crippen LogP contribution in [0.5, 0.6) is 5.75 Å². The van der Waals surface area contributed by atoms with Crippen LogP contribution in [0.1, 0.15) is 13.8 Å². The summed E-state index contributed by atoms with van der Waals surface area (Å²) in [5, 5.41) is 0. The van der Waals surface area contributed by atoms with E-state index in [4.69, 9.17) is 4.74 Å². The van der Waals surface area contributed by atoms with Crippen LogP contribution in [0.2, 0.25) is 0 Å². The summed E-state index contributed by atoms with van der Waals surface area (Å²) in [5.41, 5.74) is 0.232. The number of rotatable bonds is 3. The number of nitrogens with zero attached hydrogens (tertiary/aromatic N) is 1. The SMILES string of the molecule is CC(=O)N1CC(C)Oc2ccc(S(=O)(=O)Nc3ccccc3F)cc21. The third kappa shape index (κ3) is 3.43. The van der Waals surface area contributed by atoms with E-state index in [1.807, 2.05) is 6.92 Å². The lowest BCUT2D eigenvalue weighted by Gasteiger charge is -2.33. The summed E-state index contributed by atoms with van der Waals surface area (Å²) < 4.78 is 46.7. The van der Waals surface area contributed by atoms with Crippen LogP contribution in [-0.2, 0) is 14.8 Å². The third-order valence-corrected chi connectivity index (χ3v) is 5.16. The van der Waals surface area contributed by atoms with Crippen molar-refractivity contribution in [1.82, 2.24) is 0 Å². The first-order chi connectivity index (χ1) is 11.8. The number of carbonyl (C=O) groups excluding carboxylic acids is 1. The van der Waals surface area contributed by atoms with E-state index in [0.717, 1.165) is 6.07 Å². The van der Waals surface area contributed by atoms with Gasteiger partial charge in [0.15, 0.2) is 0 Å². The molecule has 1 N–H and O–H groups in total. The van der Waals surface area contributed by atoms with E-state index in [2.05, 4.69) is 4.72 Å². The molecular formula is C17H17FN2O4S. The predicted molar refractivity (Wildman–Crippen MR) is 91.8 cm³/mol. The fourth-order valence-corrected chi connectivity index (χ4v) is 3.72. The van der Waals surface area contributed by atoms with E-state index in [0.29, 0.717) is 18.0 Å². The number of halogens is 1. The van der Waals surface area contributed by atoms with Gasteiger partial charge in [-0.3, -0.25) is 9.52 Å². The van der Waals surface area contributed by atoms with Gasteiger partial charge in [0.25, 0.3) is 10.0 Å². The van der Waals surface area contributed by atoms with Crippen LogP contribution in [0.3, 0.4) is 0 Å². The van der Waals surface area contributed by atoms with Crippen LogP contribution in [0.4, 0.5) is 15.8 Å². The lowest BCUT2D eigenvalue weighted by molar-refractivity contribution is -0.117. The molecule has 0 saturated carbocycles. The molecule has 1 atom stereocenters. The number of ether oxygens (including phenoxy) is 1. The molecule has 0 aliphatic carbocycles. The van der Waals surface area contributed by atoms with Crippen molar-refractivity contribution in [1.29, 1.82) is 0 Å². The average molecular weight is 364 g/mol. The Hall–Kier alpha value is -2.61. The predicted octanol–water partition coefficient (Wildman–Crippen LogP) is 2.76. The number of benzene rings is 2. The summed E-state index contributed by atoms with van der Waals surface area (Å²) in [6.07, 6.45) is -0.199. The van der Waals surface area contributed by atoms with Crippen molar-refractivity contribution >= 4 is 27.3 Å². The van der Waals surface area contributed by atoms with Crippen LogP contribution < -0.4 is 14.4 Å². The summed E-state index contributed by atoms with van der Waals surface area (Å²) in [7, 11) is -4.02. The summed E-state index contributed by atoms with van der Waals surface area (Å²) in [6, 6.07) is 9.70. The van der Waals surface area contributed by atoms with Crippen molar-refractivity contribution in [2.75, 3.05) is 16.2 Å². The van der Waals surface area contributed by atoms with Gasteiger partial charge in [-0.2, -0.15) is 0 Å². The quantitative estimate of drug-likeness (QED) is 0.909. The van der Waals surface area contributed by atoms with E-state index >= 15 is 0 Å². The van der Waals surface area contributed by atoms with Crippen molar-refractivity contribution in [2.24, 2.45) is 0 Å². The van der Waals surface area contributed by atoms with Gasteiger partial charge in [0.1, 0.15) is 17.7 Å². The Morgan fingerprint density at radius 3 is 2.68 bits per heavy atom. The Bertz CT molecular complexity index is 930. The highest BCUT2D eigenvalue weighted by Crippen LogP contribution is 2.36. The minimum Gasteiger partial charge on any atom is -0.487 e. The van der Waals surface area contributed by atoms with Gasteiger partial charge < -0.3 is 9.64 Å². The Morgan fingerprint density at radius 1 is 1.28 bits per heavy atom. The first kappa shape index (κ1) is 17.2. The van der Waals surface area contributed by atoms with E-state index in [1.54, 1.807) is 0 Å². The molecule has 0 aromatic heterocycles. The van der Waals surface area contributed by atoms with Gasteiger partial charge in [0, 0.05) is 6.92 Å². The molecular weight excluding hydrogens is 347 g/mol. The maximum absolute atomic E-state index is 13.7. The number of nitrogens with one attached hydrogen (secondary N) is 1. The van der Waals surface area contributed by atoms with Crippen LogP contribution >= 0.6 is 0 Å². The van der Waals surface area contributed by atoms with Crippen molar-refractivity contribution in [3.63, 3.8) is 0 Å². The fraction of sp³-hybridized carbons (Fsp3) is 0.235. The van der Waals surface area contributed by atoms with Crippen LogP contribution in [0.25, 0.3) is 0 Å². The van der Waals surface area contributed by atoms with Gasteiger partial charge in [0.05, 0.1) is 22.8 Å². The van der Waals surface area contributed by atoms with Crippen molar-refractivity contribution in [2.45, 2.75) is 24.8 Å². The summed E-state index contributed by atoms with van der Waals surface area (Å²) in [6.45, 7) is 3.55. The van der Waals surface area contributed by atoms with E-state index in [-0.39, 0.29) is 22.6 Å². The molecule has 132 valence electrons. The van der Waals surface area contributed by atoms with Crippen LogP contribution in [0, 0.1) is 5.82 Å². The van der Waals surface area contributed by atoms with Crippen molar-refractivity contribution in [3.05, 3.63) is 48.3 Å². The zero-order chi connectivity index (χ0) is 18.2. The molecule has 8 heteroatoms. The summed E-state index contributed by atoms with van der Waals surface area (Å²) >= 11 is 0. The smallest absolute Gasteiger partial charge is 0.262 e. The molecule has 1 unspecified atom stereocenters. The molecule has 1 amide bonds. The molecule has 0 saturated heterocycles. The maximum atomic E-state index is 13.7. The number of anilines is 2. The molecule has 6 nitrogen and oxygen atoms in total. The molecule has 0 radical (unpaired) electrons. The van der Waals surface area contributed by atoms with Crippen molar-refractivity contribution < 1.29 is 22.3 Å². The van der Waals surface area contributed by atoms with E-state index in [1.165, 1.54) is 48.2 Å². The van der Waals surface area contributed by atoms with Gasteiger partial charge in [-0.25, -0.2) is 12.8 Å². The lowest BCUT2D eigenvalue weighted by atomic mass is 10.2. The second kappa shape index (κ2) is 6.36. The molecule has 1 heterocycles. The van der Waals surface area contributed by atoms with E-state index < -0.39 is 15.8 Å². The highest BCUT2D eigenvalue weighted by Gasteiger charge is 2.28. The van der Waals surface area contributed by atoms with Gasteiger partial charge in [-0.05, 0) is 37.3 Å². The number of carbonyl (C=O) groups is 1. The molecule has 25 heavy (non-hydrogen) atoms. The number of amides is 1. The lowest BCUT2D eigenvalue weighted by Crippen LogP contribution is -2.41. The highest BCUT2D eigenvalue weighted by molar-refractivity contribution is 7.92. The number of fused-ring (bicyclic) bond motifs is 1. The zero-order valence-corrected chi connectivity index (χ0v) is 14.5. The largest absolute Gasteiger partial charge is 0.487 e. The molecule has 0 fully saturated rings. The Kier molecular flexibility index (Phi) is 4.38. The Labute approximate surface area is 145 Å². The Morgan fingerprint density at radius 2 is 2.00 bits per heavy atom. The van der Waals surface area contributed by atoms with E-state index in [9.17, 15) is 17.6 Å². The van der Waals surface area contributed by atoms with Gasteiger partial charge in [0.2, 0.25) is 5.91 Å². The second-order valence-corrected chi connectivity index (χ2v) is 7.46. The monoisotopic (exact) mass is 364 g/mol. The van der Waals surface area contributed by atoms with Gasteiger partial charge in [-0.15, -0.1) is 0 Å². The molecule has 0 spiro atoms. The number of para-hydroxylation sites is 1. The van der Waals surface area contributed by atoms with Crippen LogP contribution in [0.15, 0.2) is 47.4 Å². The standard InChI is InChI=1S/C17H17FN2O4S/c1-11-10-20(12(2)21)16-9-13(7-8-17(16)24-11)25(22,23)19-15-6-4-3-5-14(15)18/h3-9,11,19H,10H2,1-2H3. The first-order valence-electron chi connectivity index (χ1n) is 7.64. The highest BCUT2D eigenvalue weighted by atomic mass is 32.2. The molecule has 0 bridgehead atoms. The molecule has 1 aliphatic rings. The minimum absolute atomic E-state index is 0.0843. The number of sulfonamides is 1. The van der Waals surface area contributed by atoms with Gasteiger partial charge in [-0.1, -0.05) is 12.1 Å². The van der Waals surface area contributed by atoms with Crippen molar-refractivity contribution in [3.8, 4) is 5.75 Å². The van der Waals surface area contributed by atoms with Crippen LogP contribution in [-0.4, -0.2) is 27.0 Å². The minimum atomic E-state index is -4.02. The molecule has 1 aliphatic heterocycles. The summed E-state index contributed by atoms with van der Waals surface area (Å²) in [4.78, 5) is 13.2. The first-order valence-corrected chi connectivity index (χ1v) is 9.12. The number of hydrogen-bond acceptors (Lipinski definition) is 4. The Balaban J connectivity index is 2.00. The normalized spacial score (nSPS) is 16.8. The summed E-state index contributed by atoms with van der Waals surface area (Å²) in [5.74, 6) is -0.460. The molecule has 3 rings (SSSR count). The zero-order valence-electron chi connectivity index (χ0n) is 13.7. The van der Waals surface area contributed by atoms with Gasteiger partial charge >= 0.3 is 0 Å². The fourth-order valence-electron chi connectivity index (χ4n) is 2.63. The molecule has 2 aromatic carbocycles. The number of hydrogen-bond donors (Lipinski definition) is 1. The second-order valence-electron chi connectivity index (χ2n) is 5.77. The molecule has 2 aromatic rings. The maximum Gasteiger partial charge on any atom is 0.262 e. The topological polar surface area (TPSA) is 75.7 Å². The third-order valence-electron chi connectivity index (χ3n) is 3.80.